The fourth-order valence-corrected chi connectivity index (χ4v) is 4.28. The Labute approximate surface area is 153 Å². The number of nitrogens with zero attached hydrogens (tertiary/aromatic N) is 5. The highest BCUT2D eigenvalue weighted by Gasteiger charge is 2.41. The number of fused-ring (bicyclic) bond motifs is 4. The Bertz CT molecular complexity index is 776. The molecule has 7 heteroatoms. The van der Waals surface area contributed by atoms with E-state index in [0.29, 0.717) is 6.54 Å². The summed E-state index contributed by atoms with van der Waals surface area (Å²) in [5.41, 5.74) is 3.17. The Hall–Kier alpha value is -2.15. The maximum atomic E-state index is 13.0. The highest BCUT2D eigenvalue weighted by Crippen LogP contribution is 2.32. The van der Waals surface area contributed by atoms with Crippen LogP contribution in [0.4, 0.5) is 0 Å². The molecule has 0 unspecified atom stereocenters. The van der Waals surface area contributed by atoms with Gasteiger partial charge in [0.1, 0.15) is 5.76 Å². The molecule has 5 heterocycles. The number of rotatable bonds is 5. The lowest BCUT2D eigenvalue weighted by Crippen LogP contribution is -2.47. The molecular weight excluding hydrogens is 330 g/mol. The van der Waals surface area contributed by atoms with E-state index in [2.05, 4.69) is 33.2 Å². The molecule has 0 radical (unpaired) electrons. The minimum absolute atomic E-state index is 0.0930. The molecule has 0 N–H and O–H groups in total. The Kier molecular flexibility index (Phi) is 4.56. The van der Waals surface area contributed by atoms with E-state index in [1.165, 1.54) is 5.56 Å². The minimum atomic E-state index is 0.0930. The van der Waals surface area contributed by atoms with E-state index in [1.54, 1.807) is 0 Å². The smallest absolute Gasteiger partial charge is 0.227 e. The molecule has 0 saturated carbocycles. The normalized spacial score (nSPS) is 23.7. The summed E-state index contributed by atoms with van der Waals surface area (Å²) in [7, 11) is 0. The quantitative estimate of drug-likeness (QED) is 0.820. The van der Waals surface area contributed by atoms with Gasteiger partial charge in [0.15, 0.2) is 0 Å². The summed E-state index contributed by atoms with van der Waals surface area (Å²) < 4.78 is 7.24. The van der Waals surface area contributed by atoms with Gasteiger partial charge < -0.3 is 9.42 Å². The van der Waals surface area contributed by atoms with Gasteiger partial charge in [0.2, 0.25) is 5.91 Å². The zero-order valence-corrected chi connectivity index (χ0v) is 15.8. The van der Waals surface area contributed by atoms with Crippen LogP contribution in [0.15, 0.2) is 16.9 Å². The Balaban J connectivity index is 1.50. The van der Waals surface area contributed by atoms with E-state index in [1.807, 2.05) is 24.7 Å². The number of amides is 1. The van der Waals surface area contributed by atoms with Crippen molar-refractivity contribution in [1.82, 2.24) is 24.7 Å². The van der Waals surface area contributed by atoms with Crippen molar-refractivity contribution in [3.05, 3.63) is 35.0 Å². The molecule has 3 saturated heterocycles. The van der Waals surface area contributed by atoms with Crippen LogP contribution in [0.5, 0.6) is 0 Å². The van der Waals surface area contributed by atoms with Crippen LogP contribution in [-0.4, -0.2) is 49.8 Å². The average molecular weight is 357 g/mol. The number of hydrogen-bond donors (Lipinski definition) is 0. The fraction of sp³-hybridized carbons (Fsp3) is 0.632. The summed E-state index contributed by atoms with van der Waals surface area (Å²) in [6.07, 6.45) is 6.12. The van der Waals surface area contributed by atoms with E-state index in [4.69, 9.17) is 4.52 Å². The lowest BCUT2D eigenvalue weighted by Gasteiger charge is -2.36. The standard InChI is InChI=1S/C19H27N5O2/c1-4-23-9-15(7-20-23)8-22-10-16-5-6-17(11-22)24(19(16)25)12-18-13(2)21-26-14(18)3/h7,9,16-17H,4-6,8,10-12H2,1-3H3/t16-,17+/m0/s1. The summed E-state index contributed by atoms with van der Waals surface area (Å²) in [5, 5.41) is 8.41. The van der Waals surface area contributed by atoms with Gasteiger partial charge in [0, 0.05) is 49.5 Å². The van der Waals surface area contributed by atoms with E-state index in [-0.39, 0.29) is 17.9 Å². The first kappa shape index (κ1) is 17.3. The van der Waals surface area contributed by atoms with Crippen molar-refractivity contribution in [3.8, 4) is 0 Å². The van der Waals surface area contributed by atoms with Gasteiger partial charge in [-0.05, 0) is 33.6 Å². The Morgan fingerprint density at radius 2 is 2.08 bits per heavy atom. The van der Waals surface area contributed by atoms with Crippen molar-refractivity contribution >= 4 is 5.91 Å². The Morgan fingerprint density at radius 3 is 2.77 bits per heavy atom. The molecule has 7 nitrogen and oxygen atoms in total. The first-order chi connectivity index (χ1) is 12.5. The second kappa shape index (κ2) is 6.87. The van der Waals surface area contributed by atoms with Crippen molar-refractivity contribution in [1.29, 1.82) is 0 Å². The van der Waals surface area contributed by atoms with Crippen molar-refractivity contribution in [3.63, 3.8) is 0 Å². The third-order valence-corrected chi connectivity index (χ3v) is 5.80. The van der Waals surface area contributed by atoms with Gasteiger partial charge in [-0.25, -0.2) is 0 Å². The van der Waals surface area contributed by atoms with Crippen LogP contribution in [0.3, 0.4) is 0 Å². The number of carbonyl (C=O) groups excluding carboxylic acids is 1. The van der Waals surface area contributed by atoms with Gasteiger partial charge in [-0.2, -0.15) is 5.10 Å². The zero-order chi connectivity index (χ0) is 18.3. The predicted octanol–water partition coefficient (Wildman–Crippen LogP) is 2.13. The van der Waals surface area contributed by atoms with Crippen LogP contribution in [-0.2, 0) is 24.4 Å². The molecule has 140 valence electrons. The van der Waals surface area contributed by atoms with Crippen molar-refractivity contribution in [2.75, 3.05) is 13.1 Å². The van der Waals surface area contributed by atoms with E-state index < -0.39 is 0 Å². The maximum Gasteiger partial charge on any atom is 0.227 e. The number of piperidine rings is 1. The molecule has 2 bridgehead atoms. The molecule has 5 rings (SSSR count). The van der Waals surface area contributed by atoms with Crippen LogP contribution in [0.2, 0.25) is 0 Å². The van der Waals surface area contributed by atoms with Crippen LogP contribution in [0, 0.1) is 19.8 Å². The first-order valence-electron chi connectivity index (χ1n) is 9.51. The lowest BCUT2D eigenvalue weighted by molar-refractivity contribution is -0.140. The molecule has 3 aliphatic rings. The van der Waals surface area contributed by atoms with Gasteiger partial charge in [-0.3, -0.25) is 14.4 Å². The monoisotopic (exact) mass is 357 g/mol. The van der Waals surface area contributed by atoms with E-state index >= 15 is 0 Å². The van der Waals surface area contributed by atoms with Gasteiger partial charge in [0.05, 0.1) is 24.4 Å². The SMILES string of the molecule is CCn1cc(CN2C[C@@H]3CC[C@H](C2)N(Cc2c(C)noc2C)C3=O)cn1. The molecule has 1 amide bonds. The Morgan fingerprint density at radius 1 is 1.23 bits per heavy atom. The summed E-state index contributed by atoms with van der Waals surface area (Å²) >= 11 is 0. The summed E-state index contributed by atoms with van der Waals surface area (Å²) in [5.74, 6) is 1.20. The fourth-order valence-electron chi connectivity index (χ4n) is 4.28. The van der Waals surface area contributed by atoms with Crippen molar-refractivity contribution in [2.45, 2.75) is 59.3 Å². The second-order valence-corrected chi connectivity index (χ2v) is 7.60. The van der Waals surface area contributed by atoms with Gasteiger partial charge in [0.25, 0.3) is 0 Å². The van der Waals surface area contributed by atoms with Crippen LogP contribution < -0.4 is 0 Å². The highest BCUT2D eigenvalue weighted by molar-refractivity contribution is 5.80. The number of carbonyl (C=O) groups is 1. The molecule has 0 aliphatic carbocycles. The predicted molar refractivity (Wildman–Crippen MR) is 96.2 cm³/mol. The molecule has 2 aromatic heterocycles. The minimum Gasteiger partial charge on any atom is -0.361 e. The summed E-state index contributed by atoms with van der Waals surface area (Å²) in [6.45, 7) is 10.1. The van der Waals surface area contributed by atoms with Gasteiger partial charge >= 0.3 is 0 Å². The molecule has 2 aromatic rings. The molecule has 0 spiro atoms. The third-order valence-electron chi connectivity index (χ3n) is 5.80. The number of aryl methyl sites for hydroxylation is 3. The third kappa shape index (κ3) is 3.16. The van der Waals surface area contributed by atoms with Gasteiger partial charge in [-0.1, -0.05) is 5.16 Å². The van der Waals surface area contributed by atoms with Crippen LogP contribution in [0.25, 0.3) is 0 Å². The summed E-state index contributed by atoms with van der Waals surface area (Å²) in [4.78, 5) is 17.5. The van der Waals surface area contributed by atoms with E-state index in [0.717, 1.165) is 56.0 Å². The maximum absolute atomic E-state index is 13.0. The molecule has 3 fully saturated rings. The molecule has 3 aliphatic heterocycles. The van der Waals surface area contributed by atoms with Gasteiger partial charge in [-0.15, -0.1) is 0 Å². The first-order valence-corrected chi connectivity index (χ1v) is 9.51. The zero-order valence-electron chi connectivity index (χ0n) is 15.8. The van der Waals surface area contributed by atoms with Crippen LogP contribution in [0.1, 0.15) is 42.3 Å². The number of hydrogen-bond acceptors (Lipinski definition) is 5. The highest BCUT2D eigenvalue weighted by atomic mass is 16.5. The molecule has 2 atom stereocenters. The number of aromatic nitrogens is 3. The lowest BCUT2D eigenvalue weighted by atomic mass is 9.93. The molecular formula is C19H27N5O2. The van der Waals surface area contributed by atoms with E-state index in [9.17, 15) is 4.79 Å². The molecule has 0 aromatic carbocycles. The largest absolute Gasteiger partial charge is 0.361 e. The second-order valence-electron chi connectivity index (χ2n) is 7.60. The van der Waals surface area contributed by atoms with Crippen molar-refractivity contribution in [2.24, 2.45) is 5.92 Å². The van der Waals surface area contributed by atoms with Crippen molar-refractivity contribution < 1.29 is 9.32 Å². The summed E-state index contributed by atoms with van der Waals surface area (Å²) in [6, 6.07) is 0.260. The topological polar surface area (TPSA) is 67.4 Å². The molecule has 26 heavy (non-hydrogen) atoms. The average Bonchev–Trinajstić information content (AvgIpc) is 3.10. The van der Waals surface area contributed by atoms with Crippen LogP contribution >= 0.6 is 0 Å².